The van der Waals surface area contributed by atoms with Gasteiger partial charge in [-0.05, 0) is 31.2 Å². The van der Waals surface area contributed by atoms with Gasteiger partial charge in [0.05, 0.1) is 17.0 Å². The molecule has 9 heteroatoms. The predicted octanol–water partition coefficient (Wildman–Crippen LogP) is 0.525. The van der Waals surface area contributed by atoms with E-state index in [1.54, 1.807) is 24.3 Å². The summed E-state index contributed by atoms with van der Waals surface area (Å²) < 4.78 is 26.4. The van der Waals surface area contributed by atoms with Gasteiger partial charge in [-0.25, -0.2) is 13.1 Å². The van der Waals surface area contributed by atoms with Gasteiger partial charge >= 0.3 is 0 Å². The van der Waals surface area contributed by atoms with Crippen molar-refractivity contribution in [3.05, 3.63) is 59.7 Å². The molecule has 2 amide bonds. The van der Waals surface area contributed by atoms with E-state index in [-0.39, 0.29) is 29.3 Å². The number of aryl methyl sites for hydroxylation is 1. The molecule has 27 heavy (non-hydrogen) atoms. The SMILES string of the molecule is Cc1ccc(S(=O)(=O)NCC(=O)NCCNC(=O)c2ccccc2O)cc1. The van der Waals surface area contributed by atoms with E-state index in [1.165, 1.54) is 24.3 Å². The minimum atomic E-state index is -3.77. The van der Waals surface area contributed by atoms with E-state index in [4.69, 9.17) is 0 Å². The molecule has 2 rings (SSSR count). The second-order valence-corrected chi connectivity index (χ2v) is 7.53. The summed E-state index contributed by atoms with van der Waals surface area (Å²) in [6.07, 6.45) is 0. The molecule has 0 saturated heterocycles. The van der Waals surface area contributed by atoms with Gasteiger partial charge in [-0.1, -0.05) is 29.8 Å². The molecule has 144 valence electrons. The van der Waals surface area contributed by atoms with Crippen LogP contribution in [0.2, 0.25) is 0 Å². The van der Waals surface area contributed by atoms with Crippen LogP contribution >= 0.6 is 0 Å². The number of benzene rings is 2. The van der Waals surface area contributed by atoms with E-state index >= 15 is 0 Å². The zero-order valence-electron chi connectivity index (χ0n) is 14.7. The second-order valence-electron chi connectivity index (χ2n) is 5.76. The summed E-state index contributed by atoms with van der Waals surface area (Å²) in [5, 5.41) is 14.6. The van der Waals surface area contributed by atoms with Crippen LogP contribution in [0.15, 0.2) is 53.4 Å². The molecule has 0 radical (unpaired) electrons. The van der Waals surface area contributed by atoms with Gasteiger partial charge in [0.25, 0.3) is 5.91 Å². The van der Waals surface area contributed by atoms with Crippen LogP contribution in [-0.2, 0) is 14.8 Å². The molecule has 0 bridgehead atoms. The Balaban J connectivity index is 1.73. The number of rotatable bonds is 8. The van der Waals surface area contributed by atoms with Crippen molar-refractivity contribution in [2.24, 2.45) is 0 Å². The van der Waals surface area contributed by atoms with E-state index in [2.05, 4.69) is 15.4 Å². The zero-order valence-corrected chi connectivity index (χ0v) is 15.5. The number of hydrogen-bond acceptors (Lipinski definition) is 5. The lowest BCUT2D eigenvalue weighted by atomic mass is 10.2. The van der Waals surface area contributed by atoms with Crippen LogP contribution in [0.5, 0.6) is 5.75 Å². The van der Waals surface area contributed by atoms with Crippen LogP contribution in [0.25, 0.3) is 0 Å². The van der Waals surface area contributed by atoms with Crippen LogP contribution < -0.4 is 15.4 Å². The quantitative estimate of drug-likeness (QED) is 0.489. The molecular weight excluding hydrogens is 370 g/mol. The van der Waals surface area contributed by atoms with Crippen molar-refractivity contribution in [1.29, 1.82) is 0 Å². The summed E-state index contributed by atoms with van der Waals surface area (Å²) in [4.78, 5) is 23.7. The molecule has 0 aliphatic carbocycles. The van der Waals surface area contributed by atoms with Crippen LogP contribution in [-0.4, -0.2) is 45.0 Å². The number of aromatic hydroxyl groups is 1. The Hall–Kier alpha value is -2.91. The first-order chi connectivity index (χ1) is 12.8. The standard InChI is InChI=1S/C18H21N3O5S/c1-13-6-8-14(9-7-13)27(25,26)21-12-17(23)19-10-11-20-18(24)15-4-2-3-5-16(15)22/h2-9,21-22H,10-12H2,1H3,(H,19,23)(H,20,24). The molecule has 0 aliphatic rings. The number of amides is 2. The minimum absolute atomic E-state index is 0.0795. The van der Waals surface area contributed by atoms with Crippen LogP contribution in [0, 0.1) is 6.92 Å². The molecule has 0 atom stereocenters. The first kappa shape index (κ1) is 20.4. The lowest BCUT2D eigenvalue weighted by molar-refractivity contribution is -0.119. The molecule has 0 fully saturated rings. The third kappa shape index (κ3) is 6.08. The molecule has 8 nitrogen and oxygen atoms in total. The number of phenols is 1. The zero-order chi connectivity index (χ0) is 19.9. The third-order valence-electron chi connectivity index (χ3n) is 3.64. The van der Waals surface area contributed by atoms with Crippen molar-refractivity contribution < 1.29 is 23.1 Å². The fourth-order valence-corrected chi connectivity index (χ4v) is 3.14. The molecule has 2 aromatic rings. The van der Waals surface area contributed by atoms with Gasteiger partial charge in [0.15, 0.2) is 0 Å². The maximum absolute atomic E-state index is 12.1. The Bertz CT molecular complexity index is 911. The largest absolute Gasteiger partial charge is 0.507 e. The van der Waals surface area contributed by atoms with Gasteiger partial charge in [0.1, 0.15) is 5.75 Å². The monoisotopic (exact) mass is 391 g/mol. The fraction of sp³-hybridized carbons (Fsp3) is 0.222. The number of hydrogen-bond donors (Lipinski definition) is 4. The highest BCUT2D eigenvalue weighted by atomic mass is 32.2. The van der Waals surface area contributed by atoms with E-state index in [0.717, 1.165) is 5.56 Å². The molecule has 0 aromatic heterocycles. The summed E-state index contributed by atoms with van der Waals surface area (Å²) in [7, 11) is -3.77. The maximum Gasteiger partial charge on any atom is 0.255 e. The Morgan fingerprint density at radius 2 is 1.59 bits per heavy atom. The Morgan fingerprint density at radius 1 is 0.963 bits per heavy atom. The lowest BCUT2D eigenvalue weighted by Gasteiger charge is -2.09. The van der Waals surface area contributed by atoms with Gasteiger partial charge in [-0.3, -0.25) is 9.59 Å². The van der Waals surface area contributed by atoms with Gasteiger partial charge in [0, 0.05) is 13.1 Å². The first-order valence-electron chi connectivity index (χ1n) is 8.19. The molecule has 0 unspecified atom stereocenters. The molecular formula is C18H21N3O5S. The van der Waals surface area contributed by atoms with Gasteiger partial charge in [-0.15, -0.1) is 0 Å². The fourth-order valence-electron chi connectivity index (χ4n) is 2.16. The maximum atomic E-state index is 12.1. The Labute approximate surface area is 157 Å². The smallest absolute Gasteiger partial charge is 0.255 e. The van der Waals surface area contributed by atoms with E-state index in [0.29, 0.717) is 0 Å². The highest BCUT2D eigenvalue weighted by Gasteiger charge is 2.15. The Morgan fingerprint density at radius 3 is 2.26 bits per heavy atom. The number of para-hydroxylation sites is 1. The van der Waals surface area contributed by atoms with Gasteiger partial charge in [0.2, 0.25) is 15.9 Å². The number of phenolic OH excluding ortho intramolecular Hbond substituents is 1. The van der Waals surface area contributed by atoms with E-state index in [1.807, 2.05) is 6.92 Å². The van der Waals surface area contributed by atoms with Crippen molar-refractivity contribution in [1.82, 2.24) is 15.4 Å². The summed E-state index contributed by atoms with van der Waals surface area (Å²) in [5.41, 5.74) is 1.06. The summed E-state index contributed by atoms with van der Waals surface area (Å²) in [6, 6.07) is 12.4. The number of carbonyl (C=O) groups is 2. The molecule has 2 aromatic carbocycles. The third-order valence-corrected chi connectivity index (χ3v) is 5.05. The molecule has 0 spiro atoms. The number of carbonyl (C=O) groups excluding carboxylic acids is 2. The van der Waals surface area contributed by atoms with Gasteiger partial charge in [-0.2, -0.15) is 0 Å². The second kappa shape index (κ2) is 9.15. The topological polar surface area (TPSA) is 125 Å². The van der Waals surface area contributed by atoms with Crippen molar-refractivity contribution >= 4 is 21.8 Å². The van der Waals surface area contributed by atoms with Crippen LogP contribution in [0.4, 0.5) is 0 Å². The summed E-state index contributed by atoms with van der Waals surface area (Å²) in [5.74, 6) is -1.13. The van der Waals surface area contributed by atoms with E-state index < -0.39 is 28.4 Å². The number of sulfonamides is 1. The van der Waals surface area contributed by atoms with Gasteiger partial charge < -0.3 is 15.7 Å². The first-order valence-corrected chi connectivity index (χ1v) is 9.67. The summed E-state index contributed by atoms with van der Waals surface area (Å²) in [6.45, 7) is 1.67. The average molecular weight is 391 g/mol. The molecule has 0 heterocycles. The molecule has 0 saturated carbocycles. The predicted molar refractivity (Wildman–Crippen MR) is 99.8 cm³/mol. The minimum Gasteiger partial charge on any atom is -0.507 e. The van der Waals surface area contributed by atoms with Crippen molar-refractivity contribution in [2.45, 2.75) is 11.8 Å². The van der Waals surface area contributed by atoms with E-state index in [9.17, 15) is 23.1 Å². The highest BCUT2D eigenvalue weighted by Crippen LogP contribution is 2.14. The van der Waals surface area contributed by atoms with Crippen LogP contribution in [0.1, 0.15) is 15.9 Å². The lowest BCUT2D eigenvalue weighted by Crippen LogP contribution is -2.40. The average Bonchev–Trinajstić information content (AvgIpc) is 2.64. The molecule has 4 N–H and O–H groups in total. The molecule has 0 aliphatic heterocycles. The normalized spacial score (nSPS) is 11.0. The van der Waals surface area contributed by atoms with Crippen molar-refractivity contribution in [3.63, 3.8) is 0 Å². The highest BCUT2D eigenvalue weighted by molar-refractivity contribution is 7.89. The van der Waals surface area contributed by atoms with Crippen molar-refractivity contribution in [3.8, 4) is 5.75 Å². The van der Waals surface area contributed by atoms with Crippen molar-refractivity contribution in [2.75, 3.05) is 19.6 Å². The number of nitrogens with one attached hydrogen (secondary N) is 3. The van der Waals surface area contributed by atoms with Crippen LogP contribution in [0.3, 0.4) is 0 Å². The summed E-state index contributed by atoms with van der Waals surface area (Å²) >= 11 is 0. The Kier molecular flexibility index (Phi) is 6.91.